The second kappa shape index (κ2) is 5.71. The predicted octanol–water partition coefficient (Wildman–Crippen LogP) is 0.185. The average Bonchev–Trinajstić information content (AvgIpc) is 2.35. The molecule has 0 aliphatic rings. The second-order valence-electron chi connectivity index (χ2n) is 3.27. The van der Waals surface area contributed by atoms with Gasteiger partial charge < -0.3 is 4.74 Å². The largest absolute Gasteiger partial charge is 0.468 e. The summed E-state index contributed by atoms with van der Waals surface area (Å²) in [5.41, 5.74) is -0.841. The van der Waals surface area contributed by atoms with E-state index in [2.05, 4.69) is 4.74 Å². The van der Waals surface area contributed by atoms with Crippen LogP contribution < -0.4 is 4.72 Å². The number of nitrogens with one attached hydrogen (secondary N) is 1. The highest BCUT2D eigenvalue weighted by Crippen LogP contribution is 2.20. The molecule has 0 aliphatic heterocycles. The molecular weight excluding hydrogens is 283 g/mol. The lowest BCUT2D eigenvalue weighted by Gasteiger charge is -2.05. The molecule has 1 aromatic rings. The van der Waals surface area contributed by atoms with Crippen molar-refractivity contribution in [3.8, 4) is 0 Å². The number of hydrogen-bond donors (Lipinski definition) is 1. The number of nitrogens with zero attached hydrogens (tertiary/aromatic N) is 1. The number of carbonyl (C=O) groups excluding carboxylic acids is 1. The van der Waals surface area contributed by atoms with Crippen LogP contribution in [0.3, 0.4) is 0 Å². The van der Waals surface area contributed by atoms with E-state index in [0.717, 1.165) is 19.2 Å². The molecule has 0 radical (unpaired) electrons. The molecule has 1 rings (SSSR count). The Balaban J connectivity index is 3.00. The molecule has 0 fully saturated rings. The van der Waals surface area contributed by atoms with Crippen LogP contribution in [0, 0.1) is 15.9 Å². The summed E-state index contributed by atoms with van der Waals surface area (Å²) in [4.78, 5) is 19.7. The van der Waals surface area contributed by atoms with Crippen LogP contribution in [-0.4, -0.2) is 33.0 Å². The minimum Gasteiger partial charge on any atom is -0.468 e. The minimum absolute atomic E-state index is 0.498. The fraction of sp³-hybridized carbons (Fsp3) is 0.222. The highest BCUT2D eigenvalue weighted by atomic mass is 32.2. The topological polar surface area (TPSA) is 116 Å². The molecule has 0 amide bonds. The highest BCUT2D eigenvalue weighted by Gasteiger charge is 2.21. The maximum absolute atomic E-state index is 13.3. The minimum atomic E-state index is -4.14. The van der Waals surface area contributed by atoms with E-state index in [1.54, 1.807) is 0 Å². The van der Waals surface area contributed by atoms with Crippen LogP contribution in [0.5, 0.6) is 0 Å². The van der Waals surface area contributed by atoms with Crippen LogP contribution in [0.25, 0.3) is 0 Å². The highest BCUT2D eigenvalue weighted by molar-refractivity contribution is 7.89. The van der Waals surface area contributed by atoms with Gasteiger partial charge >= 0.3 is 11.7 Å². The van der Waals surface area contributed by atoms with Crippen molar-refractivity contribution in [3.05, 3.63) is 34.1 Å². The zero-order chi connectivity index (χ0) is 14.6. The number of hydrogen-bond acceptors (Lipinski definition) is 6. The smallest absolute Gasteiger partial charge is 0.320 e. The fourth-order valence-electron chi connectivity index (χ4n) is 1.11. The first-order valence-corrected chi connectivity index (χ1v) is 6.26. The normalized spacial score (nSPS) is 11.1. The maximum atomic E-state index is 13.3. The van der Waals surface area contributed by atoms with E-state index < -0.39 is 43.9 Å². The SMILES string of the molecule is COC(=O)CNS(=O)(=O)c1ccc([N+](=O)[O-])c(F)c1. The van der Waals surface area contributed by atoms with Gasteiger partial charge in [0.15, 0.2) is 0 Å². The van der Waals surface area contributed by atoms with E-state index in [0.29, 0.717) is 6.07 Å². The lowest BCUT2D eigenvalue weighted by molar-refractivity contribution is -0.387. The third-order valence-electron chi connectivity index (χ3n) is 2.06. The van der Waals surface area contributed by atoms with E-state index in [4.69, 9.17) is 0 Å². The molecule has 0 spiro atoms. The zero-order valence-electron chi connectivity index (χ0n) is 9.62. The molecule has 0 heterocycles. The number of rotatable bonds is 5. The molecule has 1 aromatic carbocycles. The number of sulfonamides is 1. The molecule has 0 bridgehead atoms. The van der Waals surface area contributed by atoms with Gasteiger partial charge in [-0.15, -0.1) is 0 Å². The number of halogens is 1. The molecule has 104 valence electrons. The number of nitro benzene ring substituents is 1. The van der Waals surface area contributed by atoms with Gasteiger partial charge in [-0.1, -0.05) is 0 Å². The van der Waals surface area contributed by atoms with Crippen molar-refractivity contribution < 1.29 is 27.3 Å². The van der Waals surface area contributed by atoms with Gasteiger partial charge in [-0.2, -0.15) is 9.11 Å². The van der Waals surface area contributed by atoms with Crippen LogP contribution in [0.1, 0.15) is 0 Å². The van der Waals surface area contributed by atoms with Gasteiger partial charge in [0.1, 0.15) is 6.54 Å². The molecule has 0 aliphatic carbocycles. The molecule has 0 saturated carbocycles. The van der Waals surface area contributed by atoms with Gasteiger partial charge in [0.25, 0.3) is 0 Å². The third-order valence-corrected chi connectivity index (χ3v) is 3.46. The molecule has 19 heavy (non-hydrogen) atoms. The first-order valence-electron chi connectivity index (χ1n) is 4.78. The van der Waals surface area contributed by atoms with Gasteiger partial charge in [-0.3, -0.25) is 14.9 Å². The number of ether oxygens (including phenoxy) is 1. The molecular formula is C9H9FN2O6S. The van der Waals surface area contributed by atoms with Crippen molar-refractivity contribution in [1.82, 2.24) is 4.72 Å². The lowest BCUT2D eigenvalue weighted by atomic mass is 10.3. The van der Waals surface area contributed by atoms with Gasteiger partial charge in [0.2, 0.25) is 15.8 Å². The fourth-order valence-corrected chi connectivity index (χ4v) is 2.09. The van der Waals surface area contributed by atoms with Crippen LogP contribution in [-0.2, 0) is 19.6 Å². The second-order valence-corrected chi connectivity index (χ2v) is 5.04. The van der Waals surface area contributed by atoms with E-state index in [-0.39, 0.29) is 0 Å². The summed E-state index contributed by atoms with van der Waals surface area (Å²) in [5.74, 6) is -2.11. The summed E-state index contributed by atoms with van der Waals surface area (Å²) in [7, 11) is -3.07. The van der Waals surface area contributed by atoms with Crippen molar-refractivity contribution in [2.45, 2.75) is 4.90 Å². The lowest BCUT2D eigenvalue weighted by Crippen LogP contribution is -2.30. The third kappa shape index (κ3) is 3.69. The summed E-state index contributed by atoms with van der Waals surface area (Å²) >= 11 is 0. The number of benzene rings is 1. The monoisotopic (exact) mass is 292 g/mol. The first-order chi connectivity index (χ1) is 8.77. The average molecular weight is 292 g/mol. The Kier molecular flexibility index (Phi) is 4.51. The summed E-state index contributed by atoms with van der Waals surface area (Å²) < 4.78 is 42.6. The Morgan fingerprint density at radius 3 is 2.63 bits per heavy atom. The molecule has 1 N–H and O–H groups in total. The van der Waals surface area contributed by atoms with Crippen molar-refractivity contribution in [1.29, 1.82) is 0 Å². The molecule has 10 heteroatoms. The number of methoxy groups -OCH3 is 1. The summed E-state index contributed by atoms with van der Waals surface area (Å²) in [6, 6.07) is 2.08. The van der Waals surface area contributed by atoms with Gasteiger partial charge in [-0.25, -0.2) is 8.42 Å². The van der Waals surface area contributed by atoms with E-state index in [1.165, 1.54) is 0 Å². The molecule has 0 atom stereocenters. The van der Waals surface area contributed by atoms with Crippen LogP contribution in [0.4, 0.5) is 10.1 Å². The summed E-state index contributed by atoms with van der Waals surface area (Å²) in [6.45, 7) is -0.628. The van der Waals surface area contributed by atoms with Gasteiger partial charge in [0, 0.05) is 12.1 Å². The standard InChI is InChI=1S/C9H9FN2O6S/c1-18-9(13)5-11-19(16,17)6-2-3-8(12(14)15)7(10)4-6/h2-4,11H,5H2,1H3. The Hall–Kier alpha value is -2.07. The summed E-state index contributed by atoms with van der Waals surface area (Å²) in [6.07, 6.45) is 0. The molecule has 0 aromatic heterocycles. The molecule has 0 saturated heterocycles. The van der Waals surface area contributed by atoms with Crippen LogP contribution in [0.15, 0.2) is 23.1 Å². The number of carbonyl (C=O) groups is 1. The number of esters is 1. The molecule has 0 unspecified atom stereocenters. The van der Waals surface area contributed by atoms with Crippen LogP contribution >= 0.6 is 0 Å². The Bertz CT molecular complexity index is 615. The summed E-state index contributed by atoms with van der Waals surface area (Å²) in [5, 5.41) is 10.4. The molecule has 8 nitrogen and oxygen atoms in total. The van der Waals surface area contributed by atoms with Crippen molar-refractivity contribution >= 4 is 21.7 Å². The quantitative estimate of drug-likeness (QED) is 0.470. The van der Waals surface area contributed by atoms with Crippen LogP contribution in [0.2, 0.25) is 0 Å². The Labute approximate surface area is 107 Å². The predicted molar refractivity (Wildman–Crippen MR) is 60.3 cm³/mol. The Morgan fingerprint density at radius 2 is 2.16 bits per heavy atom. The van der Waals surface area contributed by atoms with E-state index in [9.17, 15) is 27.7 Å². The maximum Gasteiger partial charge on any atom is 0.320 e. The van der Waals surface area contributed by atoms with Gasteiger partial charge in [-0.05, 0) is 6.07 Å². The Morgan fingerprint density at radius 1 is 1.53 bits per heavy atom. The first kappa shape index (κ1) is 15.0. The zero-order valence-corrected chi connectivity index (χ0v) is 10.4. The van der Waals surface area contributed by atoms with Gasteiger partial charge in [0.05, 0.1) is 16.9 Å². The van der Waals surface area contributed by atoms with Crippen molar-refractivity contribution in [2.75, 3.05) is 13.7 Å². The van der Waals surface area contributed by atoms with E-state index >= 15 is 0 Å². The van der Waals surface area contributed by atoms with Crippen molar-refractivity contribution in [3.63, 3.8) is 0 Å². The van der Waals surface area contributed by atoms with E-state index in [1.807, 2.05) is 4.72 Å². The number of nitro groups is 1. The van der Waals surface area contributed by atoms with Crippen molar-refractivity contribution in [2.24, 2.45) is 0 Å².